The Morgan fingerprint density at radius 1 is 1.07 bits per heavy atom. The molecule has 27 heavy (non-hydrogen) atoms. The zero-order valence-electron chi connectivity index (χ0n) is 14.2. The van der Waals surface area contributed by atoms with Crippen LogP contribution in [0.2, 0.25) is 0 Å². The van der Waals surface area contributed by atoms with Gasteiger partial charge >= 0.3 is 0 Å². The van der Waals surface area contributed by atoms with E-state index in [-0.39, 0.29) is 25.6 Å². The summed E-state index contributed by atoms with van der Waals surface area (Å²) in [5, 5.41) is 0. The lowest BCUT2D eigenvalue weighted by Crippen LogP contribution is -2.54. The first kappa shape index (κ1) is 18.7. The van der Waals surface area contributed by atoms with Gasteiger partial charge in [0.1, 0.15) is 10.8 Å². The lowest BCUT2D eigenvalue weighted by atomic mass is 10.2. The van der Waals surface area contributed by atoms with Crippen LogP contribution in [0, 0.1) is 0 Å². The summed E-state index contributed by atoms with van der Waals surface area (Å²) in [7, 11) is -3.53. The fourth-order valence-corrected chi connectivity index (χ4v) is 6.64. The van der Waals surface area contributed by atoms with Crippen LogP contribution in [-0.2, 0) is 14.8 Å². The highest BCUT2D eigenvalue weighted by molar-refractivity contribution is 9.11. The largest absolute Gasteiger partial charge is 0.485 e. The number of carbonyl (C=O) groups is 1. The molecule has 3 heterocycles. The second-order valence-corrected chi connectivity index (χ2v) is 10.8. The maximum absolute atomic E-state index is 12.7. The molecule has 1 atom stereocenters. The molecule has 0 radical (unpaired) electrons. The number of halogens is 1. The second kappa shape index (κ2) is 7.42. The predicted octanol–water partition coefficient (Wildman–Crippen LogP) is 2.18. The summed E-state index contributed by atoms with van der Waals surface area (Å²) in [6.45, 7) is 1.32. The van der Waals surface area contributed by atoms with Gasteiger partial charge in [-0.15, -0.1) is 11.3 Å². The van der Waals surface area contributed by atoms with Crippen molar-refractivity contribution < 1.29 is 22.7 Å². The van der Waals surface area contributed by atoms with Gasteiger partial charge in [0.15, 0.2) is 11.5 Å². The van der Waals surface area contributed by atoms with Crippen LogP contribution in [0.15, 0.2) is 44.4 Å². The Morgan fingerprint density at radius 2 is 1.78 bits per heavy atom. The molecule has 144 valence electrons. The quantitative estimate of drug-likeness (QED) is 0.684. The summed E-state index contributed by atoms with van der Waals surface area (Å²) in [4.78, 5) is 14.4. The number of ether oxygens (including phenoxy) is 2. The molecule has 1 aromatic heterocycles. The van der Waals surface area contributed by atoms with Crippen LogP contribution in [0.3, 0.4) is 0 Å². The molecule has 0 N–H and O–H groups in total. The van der Waals surface area contributed by atoms with Gasteiger partial charge in [0.25, 0.3) is 15.9 Å². The van der Waals surface area contributed by atoms with Crippen molar-refractivity contribution in [1.29, 1.82) is 0 Å². The van der Waals surface area contributed by atoms with E-state index in [1.165, 1.54) is 15.6 Å². The summed E-state index contributed by atoms with van der Waals surface area (Å²) in [5.41, 5.74) is 0. The van der Waals surface area contributed by atoms with Gasteiger partial charge in [-0.3, -0.25) is 4.79 Å². The van der Waals surface area contributed by atoms with Crippen LogP contribution in [0.5, 0.6) is 11.5 Å². The molecule has 1 aromatic carbocycles. The molecule has 1 unspecified atom stereocenters. The maximum Gasteiger partial charge on any atom is 0.267 e. The van der Waals surface area contributed by atoms with E-state index in [2.05, 4.69) is 15.9 Å². The third-order valence-corrected chi connectivity index (χ3v) is 8.47. The number of fused-ring (bicyclic) bond motifs is 1. The number of nitrogens with zero attached hydrogens (tertiary/aromatic N) is 2. The summed E-state index contributed by atoms with van der Waals surface area (Å²) in [5.74, 6) is 0.992. The molecule has 4 rings (SSSR count). The third-order valence-electron chi connectivity index (χ3n) is 4.48. The topological polar surface area (TPSA) is 76.2 Å². The fraction of sp³-hybridized carbons (Fsp3) is 0.353. The van der Waals surface area contributed by atoms with Crippen LogP contribution in [0.25, 0.3) is 0 Å². The van der Waals surface area contributed by atoms with Crippen molar-refractivity contribution in [2.75, 3.05) is 32.8 Å². The summed E-state index contributed by atoms with van der Waals surface area (Å²) >= 11 is 4.47. The number of benzene rings is 1. The molecule has 2 aromatic rings. The van der Waals surface area contributed by atoms with Gasteiger partial charge in [-0.05, 0) is 40.2 Å². The first-order chi connectivity index (χ1) is 12.9. The van der Waals surface area contributed by atoms with E-state index in [4.69, 9.17) is 9.47 Å². The molecule has 10 heteroatoms. The molecule has 2 aliphatic rings. The van der Waals surface area contributed by atoms with Crippen LogP contribution in [0.4, 0.5) is 0 Å². The molecule has 0 saturated carbocycles. The van der Waals surface area contributed by atoms with Gasteiger partial charge in [0.05, 0.1) is 3.79 Å². The first-order valence-electron chi connectivity index (χ1n) is 8.38. The second-order valence-electron chi connectivity index (χ2n) is 6.15. The highest BCUT2D eigenvalue weighted by Crippen LogP contribution is 2.32. The third kappa shape index (κ3) is 3.71. The highest BCUT2D eigenvalue weighted by Gasteiger charge is 2.35. The molecule has 1 fully saturated rings. The van der Waals surface area contributed by atoms with Gasteiger partial charge in [-0.25, -0.2) is 8.42 Å². The summed E-state index contributed by atoms with van der Waals surface area (Å²) < 4.78 is 39.2. The fourth-order valence-electron chi connectivity index (χ4n) is 3.06. The number of rotatable bonds is 3. The molecule has 7 nitrogen and oxygen atoms in total. The average Bonchev–Trinajstić information content (AvgIpc) is 3.14. The molecule has 2 aliphatic heterocycles. The standard InChI is InChI=1S/C17H17BrN2O5S2/c18-15-5-6-16(26-15)27(22,23)20-9-7-19(8-10-20)17(21)14-11-24-12-3-1-2-4-13(12)25-14/h1-6,14H,7-11H2. The predicted molar refractivity (Wildman–Crippen MR) is 104 cm³/mol. The number of sulfonamides is 1. The van der Waals surface area contributed by atoms with Gasteiger partial charge in [0, 0.05) is 26.2 Å². The van der Waals surface area contributed by atoms with Crippen molar-refractivity contribution >= 4 is 43.2 Å². The van der Waals surface area contributed by atoms with E-state index in [9.17, 15) is 13.2 Å². The Hall–Kier alpha value is -1.62. The molecular formula is C17H17BrN2O5S2. The number of hydrogen-bond donors (Lipinski definition) is 0. The normalized spacial score (nSPS) is 20.5. The molecule has 0 spiro atoms. The van der Waals surface area contributed by atoms with Gasteiger partial charge in [-0.1, -0.05) is 12.1 Å². The van der Waals surface area contributed by atoms with Crippen LogP contribution >= 0.6 is 27.3 Å². The van der Waals surface area contributed by atoms with Crippen molar-refractivity contribution in [3.05, 3.63) is 40.2 Å². The van der Waals surface area contributed by atoms with E-state index in [1.807, 2.05) is 12.1 Å². The SMILES string of the molecule is O=C(C1COc2ccccc2O1)N1CCN(S(=O)(=O)c2ccc(Br)s2)CC1. The molecule has 0 aliphatic carbocycles. The first-order valence-corrected chi connectivity index (χ1v) is 11.4. The van der Waals surface area contributed by atoms with Gasteiger partial charge < -0.3 is 14.4 Å². The Morgan fingerprint density at radius 3 is 2.44 bits per heavy atom. The Balaban J connectivity index is 1.39. The minimum atomic E-state index is -3.53. The number of thiophene rings is 1. The Bertz CT molecular complexity index is 954. The van der Waals surface area contributed by atoms with E-state index >= 15 is 0 Å². The lowest BCUT2D eigenvalue weighted by Gasteiger charge is -2.36. The van der Waals surface area contributed by atoms with E-state index in [1.54, 1.807) is 29.2 Å². The monoisotopic (exact) mass is 472 g/mol. The summed E-state index contributed by atoms with van der Waals surface area (Å²) in [6.07, 6.45) is -0.712. The Kier molecular flexibility index (Phi) is 5.15. The number of hydrogen-bond acceptors (Lipinski definition) is 6. The average molecular weight is 473 g/mol. The Labute approximate surface area is 169 Å². The highest BCUT2D eigenvalue weighted by atomic mass is 79.9. The van der Waals surface area contributed by atoms with Crippen molar-refractivity contribution in [2.24, 2.45) is 0 Å². The van der Waals surface area contributed by atoms with Crippen LogP contribution in [0.1, 0.15) is 0 Å². The smallest absolute Gasteiger partial charge is 0.267 e. The number of carbonyl (C=O) groups excluding carboxylic acids is 1. The van der Waals surface area contributed by atoms with Crippen LogP contribution < -0.4 is 9.47 Å². The van der Waals surface area contributed by atoms with E-state index < -0.39 is 16.1 Å². The van der Waals surface area contributed by atoms with Crippen molar-refractivity contribution in [2.45, 2.75) is 10.3 Å². The van der Waals surface area contributed by atoms with Crippen LogP contribution in [-0.4, -0.2) is 62.4 Å². The van der Waals surface area contributed by atoms with Gasteiger partial charge in [0.2, 0.25) is 6.10 Å². The summed E-state index contributed by atoms with van der Waals surface area (Å²) in [6, 6.07) is 10.5. The van der Waals surface area contributed by atoms with Crippen molar-refractivity contribution in [3.8, 4) is 11.5 Å². The number of piperazine rings is 1. The minimum absolute atomic E-state index is 0.150. The zero-order chi connectivity index (χ0) is 19.0. The molecule has 1 saturated heterocycles. The maximum atomic E-state index is 12.7. The number of amides is 1. The lowest BCUT2D eigenvalue weighted by molar-refractivity contribution is -0.142. The zero-order valence-corrected chi connectivity index (χ0v) is 17.4. The molecular weight excluding hydrogens is 456 g/mol. The van der Waals surface area contributed by atoms with E-state index in [0.29, 0.717) is 28.8 Å². The van der Waals surface area contributed by atoms with Crippen molar-refractivity contribution in [3.63, 3.8) is 0 Å². The molecule has 0 bridgehead atoms. The molecule has 1 amide bonds. The number of para-hydroxylation sites is 2. The van der Waals surface area contributed by atoms with Gasteiger partial charge in [-0.2, -0.15) is 4.31 Å². The van der Waals surface area contributed by atoms with E-state index in [0.717, 1.165) is 3.79 Å². The minimum Gasteiger partial charge on any atom is -0.485 e. The van der Waals surface area contributed by atoms with Crippen molar-refractivity contribution in [1.82, 2.24) is 9.21 Å².